The third kappa shape index (κ3) is 2.22. The van der Waals surface area contributed by atoms with Gasteiger partial charge in [0, 0.05) is 6.20 Å². The summed E-state index contributed by atoms with van der Waals surface area (Å²) in [4.78, 5) is 16.9. The second-order valence-electron chi connectivity index (χ2n) is 3.85. The van der Waals surface area contributed by atoms with Crippen LogP contribution in [0.2, 0.25) is 0 Å². The summed E-state index contributed by atoms with van der Waals surface area (Å²) in [6.45, 7) is 3.90. The lowest BCUT2D eigenvalue weighted by Gasteiger charge is -2.11. The average Bonchev–Trinajstić information content (AvgIpc) is 2.80. The molecule has 3 nitrogen and oxygen atoms in total. The van der Waals surface area contributed by atoms with Crippen molar-refractivity contribution in [3.05, 3.63) is 45.4 Å². The number of benzene rings is 1. The minimum atomic E-state index is -0.0261. The first-order valence-corrected chi connectivity index (χ1v) is 6.10. The molecular formula is C13H13NO2S. The van der Waals surface area contributed by atoms with Gasteiger partial charge in [-0.3, -0.25) is 9.78 Å². The van der Waals surface area contributed by atoms with Gasteiger partial charge < -0.3 is 4.74 Å². The molecule has 2 rings (SSSR count). The van der Waals surface area contributed by atoms with Crippen molar-refractivity contribution in [1.29, 1.82) is 0 Å². The fraction of sp³-hybridized carbons (Fsp3) is 0.231. The zero-order valence-electron chi connectivity index (χ0n) is 9.98. The van der Waals surface area contributed by atoms with Crippen molar-refractivity contribution >= 4 is 17.1 Å². The summed E-state index contributed by atoms with van der Waals surface area (Å²) in [6, 6.07) is 3.86. The first-order chi connectivity index (χ1) is 8.13. The number of hydrogen-bond donors (Lipinski definition) is 0. The summed E-state index contributed by atoms with van der Waals surface area (Å²) < 4.78 is 5.29. The summed E-state index contributed by atoms with van der Waals surface area (Å²) in [5.74, 6) is 0.600. The quantitative estimate of drug-likeness (QED) is 0.783. The highest BCUT2D eigenvalue weighted by atomic mass is 32.1. The van der Waals surface area contributed by atoms with Gasteiger partial charge in [0.1, 0.15) is 5.75 Å². The van der Waals surface area contributed by atoms with E-state index >= 15 is 0 Å². The third-order valence-electron chi connectivity index (χ3n) is 2.55. The normalized spacial score (nSPS) is 10.3. The highest BCUT2D eigenvalue weighted by Gasteiger charge is 2.18. The average molecular weight is 247 g/mol. The summed E-state index contributed by atoms with van der Waals surface area (Å²) in [6.07, 6.45) is 1.59. The Hall–Kier alpha value is -1.68. The van der Waals surface area contributed by atoms with E-state index in [0.29, 0.717) is 16.2 Å². The van der Waals surface area contributed by atoms with E-state index in [1.165, 1.54) is 11.3 Å². The molecule has 4 heteroatoms. The molecule has 0 fully saturated rings. The number of carbonyl (C=O) groups is 1. The van der Waals surface area contributed by atoms with Crippen LogP contribution in [-0.4, -0.2) is 17.9 Å². The van der Waals surface area contributed by atoms with E-state index in [9.17, 15) is 4.79 Å². The molecule has 0 bridgehead atoms. The van der Waals surface area contributed by atoms with Gasteiger partial charge in [-0.15, -0.1) is 11.3 Å². The van der Waals surface area contributed by atoms with Gasteiger partial charge in [0.05, 0.1) is 23.1 Å². The van der Waals surface area contributed by atoms with E-state index in [4.69, 9.17) is 4.74 Å². The van der Waals surface area contributed by atoms with Crippen molar-refractivity contribution in [3.8, 4) is 5.75 Å². The minimum absolute atomic E-state index is 0.0261. The van der Waals surface area contributed by atoms with Gasteiger partial charge in [0.15, 0.2) is 0 Å². The zero-order valence-corrected chi connectivity index (χ0v) is 10.8. The predicted molar refractivity (Wildman–Crippen MR) is 68.0 cm³/mol. The van der Waals surface area contributed by atoms with Gasteiger partial charge in [0.2, 0.25) is 5.78 Å². The van der Waals surface area contributed by atoms with Crippen LogP contribution in [0.1, 0.15) is 26.4 Å². The topological polar surface area (TPSA) is 39.2 Å². The van der Waals surface area contributed by atoms with E-state index in [1.807, 2.05) is 26.0 Å². The molecule has 0 saturated carbocycles. The highest BCUT2D eigenvalue weighted by molar-refractivity contribution is 7.11. The molecule has 0 aliphatic carbocycles. The van der Waals surface area contributed by atoms with Crippen molar-refractivity contribution in [1.82, 2.24) is 4.98 Å². The van der Waals surface area contributed by atoms with Crippen LogP contribution in [0.4, 0.5) is 0 Å². The van der Waals surface area contributed by atoms with E-state index in [1.54, 1.807) is 18.8 Å². The number of thiazole rings is 1. The third-order valence-corrected chi connectivity index (χ3v) is 3.32. The number of rotatable bonds is 3. The molecule has 0 amide bonds. The van der Waals surface area contributed by atoms with Crippen molar-refractivity contribution in [2.45, 2.75) is 13.8 Å². The van der Waals surface area contributed by atoms with Gasteiger partial charge in [-0.1, -0.05) is 6.07 Å². The lowest BCUT2D eigenvalue weighted by molar-refractivity contribution is 0.103. The number of aryl methyl sites for hydroxylation is 2. The predicted octanol–water partition coefficient (Wildman–Crippen LogP) is 3.00. The molecule has 17 heavy (non-hydrogen) atoms. The number of ketones is 1. The summed E-state index contributed by atoms with van der Waals surface area (Å²) >= 11 is 1.34. The first kappa shape index (κ1) is 11.8. The van der Waals surface area contributed by atoms with Crippen LogP contribution in [0.3, 0.4) is 0 Å². The molecule has 0 atom stereocenters. The number of methoxy groups -OCH3 is 1. The molecule has 0 spiro atoms. The molecule has 0 aliphatic heterocycles. The molecule has 1 heterocycles. The Morgan fingerprint density at radius 2 is 2.12 bits per heavy atom. The van der Waals surface area contributed by atoms with E-state index in [-0.39, 0.29) is 5.78 Å². The molecule has 1 aromatic carbocycles. The molecule has 88 valence electrons. The molecule has 0 aliphatic rings. The van der Waals surface area contributed by atoms with Gasteiger partial charge in [-0.25, -0.2) is 0 Å². The lowest BCUT2D eigenvalue weighted by Crippen LogP contribution is -2.05. The Bertz CT molecular complexity index is 547. The maximum absolute atomic E-state index is 12.3. The molecule has 2 aromatic rings. The van der Waals surface area contributed by atoms with Crippen molar-refractivity contribution in [2.75, 3.05) is 7.11 Å². The fourth-order valence-electron chi connectivity index (χ4n) is 1.83. The van der Waals surface area contributed by atoms with Crippen LogP contribution in [0, 0.1) is 13.8 Å². The summed E-state index contributed by atoms with van der Waals surface area (Å²) in [7, 11) is 1.58. The molecule has 0 saturated heterocycles. The highest BCUT2D eigenvalue weighted by Crippen LogP contribution is 2.27. The van der Waals surface area contributed by atoms with E-state index in [0.717, 1.165) is 11.1 Å². The molecule has 1 aromatic heterocycles. The molecule has 0 radical (unpaired) electrons. The summed E-state index contributed by atoms with van der Waals surface area (Å²) in [5.41, 5.74) is 4.30. The minimum Gasteiger partial charge on any atom is -0.496 e. The SMILES string of the molecule is COc1cc(C)cc(C)c1C(=O)c1cncs1. The van der Waals surface area contributed by atoms with Crippen LogP contribution >= 0.6 is 11.3 Å². The maximum atomic E-state index is 12.3. The largest absolute Gasteiger partial charge is 0.496 e. The molecule has 0 N–H and O–H groups in total. The van der Waals surface area contributed by atoms with Crippen LogP contribution in [0.5, 0.6) is 5.75 Å². The Balaban J connectivity index is 2.55. The van der Waals surface area contributed by atoms with Crippen LogP contribution in [0.15, 0.2) is 23.8 Å². The Labute approximate surface area is 104 Å². The Kier molecular flexibility index (Phi) is 3.24. The smallest absolute Gasteiger partial charge is 0.208 e. The van der Waals surface area contributed by atoms with Gasteiger partial charge in [0.25, 0.3) is 0 Å². The van der Waals surface area contributed by atoms with E-state index in [2.05, 4.69) is 4.98 Å². The van der Waals surface area contributed by atoms with Gasteiger partial charge >= 0.3 is 0 Å². The number of carbonyl (C=O) groups excluding carboxylic acids is 1. The molecule has 0 unspecified atom stereocenters. The number of nitrogens with zero attached hydrogens (tertiary/aromatic N) is 1. The van der Waals surface area contributed by atoms with Gasteiger partial charge in [-0.05, 0) is 31.0 Å². The van der Waals surface area contributed by atoms with Crippen LogP contribution < -0.4 is 4.74 Å². The number of aromatic nitrogens is 1. The maximum Gasteiger partial charge on any atom is 0.208 e. The Morgan fingerprint density at radius 3 is 2.71 bits per heavy atom. The Morgan fingerprint density at radius 1 is 1.35 bits per heavy atom. The van der Waals surface area contributed by atoms with Crippen molar-refractivity contribution < 1.29 is 9.53 Å². The lowest BCUT2D eigenvalue weighted by atomic mass is 10.00. The van der Waals surface area contributed by atoms with Crippen LogP contribution in [0.25, 0.3) is 0 Å². The van der Waals surface area contributed by atoms with E-state index < -0.39 is 0 Å². The molecular weight excluding hydrogens is 234 g/mol. The van der Waals surface area contributed by atoms with Crippen LogP contribution in [-0.2, 0) is 0 Å². The van der Waals surface area contributed by atoms with Crippen molar-refractivity contribution in [2.24, 2.45) is 0 Å². The monoisotopic (exact) mass is 247 g/mol. The number of hydrogen-bond acceptors (Lipinski definition) is 4. The fourth-order valence-corrected chi connectivity index (χ4v) is 2.40. The summed E-state index contributed by atoms with van der Waals surface area (Å²) in [5, 5.41) is 0. The first-order valence-electron chi connectivity index (χ1n) is 5.22. The zero-order chi connectivity index (χ0) is 12.4. The van der Waals surface area contributed by atoms with Crippen molar-refractivity contribution in [3.63, 3.8) is 0 Å². The standard InChI is InChI=1S/C13H13NO2S/c1-8-4-9(2)12(10(5-8)16-3)13(15)11-6-14-7-17-11/h4-7H,1-3H3. The second kappa shape index (κ2) is 4.67. The second-order valence-corrected chi connectivity index (χ2v) is 4.74. The number of ether oxygens (including phenoxy) is 1. The van der Waals surface area contributed by atoms with Gasteiger partial charge in [-0.2, -0.15) is 0 Å².